The highest BCUT2D eigenvalue weighted by Gasteiger charge is 2.00. The fraction of sp³-hybridized carbons (Fsp3) is 0.400. The van der Waals surface area contributed by atoms with Gasteiger partial charge in [0.2, 0.25) is 0 Å². The lowest BCUT2D eigenvalue weighted by molar-refractivity contribution is 0.412. The fourth-order valence-electron chi connectivity index (χ4n) is 1.08. The number of alkyl halides is 1. The number of methoxy groups -OCH3 is 1. The third-order valence-electron chi connectivity index (χ3n) is 1.79. The maximum absolute atomic E-state index is 5.58. The zero-order chi connectivity index (χ0) is 10.4. The van der Waals surface area contributed by atoms with Crippen molar-refractivity contribution < 1.29 is 4.74 Å². The van der Waals surface area contributed by atoms with Crippen LogP contribution in [-0.2, 0) is 0 Å². The molecule has 14 heavy (non-hydrogen) atoms. The van der Waals surface area contributed by atoms with Crippen molar-refractivity contribution in [3.63, 3.8) is 0 Å². The van der Waals surface area contributed by atoms with Gasteiger partial charge in [0.05, 0.1) is 11.6 Å². The van der Waals surface area contributed by atoms with E-state index in [4.69, 9.17) is 16.3 Å². The monoisotopic (exact) mass is 277 g/mol. The third-order valence-corrected chi connectivity index (χ3v) is 2.68. The highest BCUT2D eigenvalue weighted by Crippen LogP contribution is 2.27. The first-order chi connectivity index (χ1) is 6.77. The van der Waals surface area contributed by atoms with Gasteiger partial charge in [-0.1, -0.05) is 0 Å². The SMILES string of the molecule is COc1ccc(NCCCCl)cc1Br. The first-order valence-corrected chi connectivity index (χ1v) is 5.74. The van der Waals surface area contributed by atoms with E-state index in [1.807, 2.05) is 18.2 Å². The van der Waals surface area contributed by atoms with Gasteiger partial charge in [0.25, 0.3) is 0 Å². The molecule has 78 valence electrons. The summed E-state index contributed by atoms with van der Waals surface area (Å²) in [6.07, 6.45) is 0.963. The predicted molar refractivity (Wildman–Crippen MR) is 64.5 cm³/mol. The van der Waals surface area contributed by atoms with Crippen LogP contribution in [0.4, 0.5) is 5.69 Å². The lowest BCUT2D eigenvalue weighted by atomic mass is 10.3. The Morgan fingerprint density at radius 3 is 2.86 bits per heavy atom. The third kappa shape index (κ3) is 3.39. The van der Waals surface area contributed by atoms with Gasteiger partial charge in [0.1, 0.15) is 5.75 Å². The molecule has 0 spiro atoms. The van der Waals surface area contributed by atoms with Crippen molar-refractivity contribution >= 4 is 33.2 Å². The first-order valence-electron chi connectivity index (χ1n) is 4.41. The van der Waals surface area contributed by atoms with Gasteiger partial charge in [-0.15, -0.1) is 11.6 Å². The number of anilines is 1. The van der Waals surface area contributed by atoms with E-state index >= 15 is 0 Å². The minimum atomic E-state index is 0.685. The summed E-state index contributed by atoms with van der Waals surface area (Å²) < 4.78 is 6.08. The lowest BCUT2D eigenvalue weighted by Gasteiger charge is -2.08. The minimum absolute atomic E-state index is 0.685. The molecular weight excluding hydrogens is 265 g/mol. The molecule has 1 aromatic carbocycles. The van der Waals surface area contributed by atoms with Crippen LogP contribution in [0.15, 0.2) is 22.7 Å². The van der Waals surface area contributed by atoms with Gasteiger partial charge in [0, 0.05) is 18.1 Å². The molecule has 0 aromatic heterocycles. The van der Waals surface area contributed by atoms with Gasteiger partial charge in [-0.3, -0.25) is 0 Å². The number of nitrogens with one attached hydrogen (secondary N) is 1. The van der Waals surface area contributed by atoms with E-state index in [-0.39, 0.29) is 0 Å². The van der Waals surface area contributed by atoms with E-state index in [1.165, 1.54) is 0 Å². The second kappa shape index (κ2) is 6.14. The molecule has 1 rings (SSSR count). The summed E-state index contributed by atoms with van der Waals surface area (Å²) in [7, 11) is 1.65. The Kier molecular flexibility index (Phi) is 5.12. The zero-order valence-corrected chi connectivity index (χ0v) is 10.4. The number of halogens is 2. The van der Waals surface area contributed by atoms with E-state index in [1.54, 1.807) is 7.11 Å². The Morgan fingerprint density at radius 2 is 2.29 bits per heavy atom. The molecular formula is C10H13BrClNO. The van der Waals surface area contributed by atoms with Gasteiger partial charge >= 0.3 is 0 Å². The fourth-order valence-corrected chi connectivity index (χ4v) is 1.75. The highest BCUT2D eigenvalue weighted by atomic mass is 79.9. The molecule has 0 amide bonds. The Hall–Kier alpha value is -0.410. The summed E-state index contributed by atoms with van der Waals surface area (Å²) in [6, 6.07) is 5.90. The summed E-state index contributed by atoms with van der Waals surface area (Å²) in [4.78, 5) is 0. The smallest absolute Gasteiger partial charge is 0.133 e. The molecule has 1 N–H and O–H groups in total. The Labute approximate surface area is 97.7 Å². The second-order valence-corrected chi connectivity index (χ2v) is 4.05. The van der Waals surface area contributed by atoms with Crippen LogP contribution in [0.3, 0.4) is 0 Å². The van der Waals surface area contributed by atoms with Crippen molar-refractivity contribution in [1.29, 1.82) is 0 Å². The molecule has 0 aliphatic rings. The van der Waals surface area contributed by atoms with Gasteiger partial charge in [-0.2, -0.15) is 0 Å². The van der Waals surface area contributed by atoms with Crippen molar-refractivity contribution in [3.05, 3.63) is 22.7 Å². The summed E-state index contributed by atoms with van der Waals surface area (Å²) in [5.74, 6) is 1.53. The minimum Gasteiger partial charge on any atom is -0.496 e. The van der Waals surface area contributed by atoms with Gasteiger partial charge in [0.15, 0.2) is 0 Å². The van der Waals surface area contributed by atoms with Crippen molar-refractivity contribution in [3.8, 4) is 5.75 Å². The lowest BCUT2D eigenvalue weighted by Crippen LogP contribution is -2.01. The van der Waals surface area contributed by atoms with E-state index in [0.29, 0.717) is 5.88 Å². The van der Waals surface area contributed by atoms with Crippen LogP contribution in [0, 0.1) is 0 Å². The summed E-state index contributed by atoms with van der Waals surface area (Å²) in [5.41, 5.74) is 1.07. The van der Waals surface area contributed by atoms with Crippen LogP contribution >= 0.6 is 27.5 Å². The largest absolute Gasteiger partial charge is 0.496 e. The van der Waals surface area contributed by atoms with Crippen LogP contribution in [-0.4, -0.2) is 19.5 Å². The molecule has 0 atom stereocenters. The quantitative estimate of drug-likeness (QED) is 0.657. The Bertz CT molecular complexity index is 293. The molecule has 4 heteroatoms. The summed E-state index contributed by atoms with van der Waals surface area (Å²) in [5, 5.41) is 3.27. The Balaban J connectivity index is 2.57. The van der Waals surface area contributed by atoms with E-state index in [0.717, 1.165) is 28.9 Å². The molecule has 0 unspecified atom stereocenters. The second-order valence-electron chi connectivity index (χ2n) is 2.82. The maximum atomic E-state index is 5.58. The van der Waals surface area contributed by atoms with E-state index in [2.05, 4.69) is 21.2 Å². The molecule has 0 aliphatic heterocycles. The number of benzene rings is 1. The van der Waals surface area contributed by atoms with Crippen LogP contribution in [0.2, 0.25) is 0 Å². The van der Waals surface area contributed by atoms with Gasteiger partial charge in [-0.05, 0) is 40.5 Å². The average molecular weight is 279 g/mol. The van der Waals surface area contributed by atoms with Crippen molar-refractivity contribution in [2.24, 2.45) is 0 Å². The van der Waals surface area contributed by atoms with E-state index in [9.17, 15) is 0 Å². The van der Waals surface area contributed by atoms with Crippen LogP contribution < -0.4 is 10.1 Å². The molecule has 0 fully saturated rings. The standard InChI is InChI=1S/C10H13BrClNO/c1-14-10-4-3-8(7-9(10)11)13-6-2-5-12/h3-4,7,13H,2,5-6H2,1H3. The van der Waals surface area contributed by atoms with Crippen molar-refractivity contribution in [2.45, 2.75) is 6.42 Å². The first kappa shape index (κ1) is 11.7. The molecule has 0 radical (unpaired) electrons. The highest BCUT2D eigenvalue weighted by molar-refractivity contribution is 9.10. The summed E-state index contributed by atoms with van der Waals surface area (Å²) >= 11 is 9.00. The van der Waals surface area contributed by atoms with Crippen LogP contribution in [0.1, 0.15) is 6.42 Å². The predicted octanol–water partition coefficient (Wildman–Crippen LogP) is 3.50. The molecule has 1 aromatic rings. The molecule has 0 saturated heterocycles. The Morgan fingerprint density at radius 1 is 1.50 bits per heavy atom. The van der Waals surface area contributed by atoms with Gasteiger partial charge < -0.3 is 10.1 Å². The molecule has 2 nitrogen and oxygen atoms in total. The topological polar surface area (TPSA) is 21.3 Å². The number of hydrogen-bond donors (Lipinski definition) is 1. The molecule has 0 heterocycles. The van der Waals surface area contributed by atoms with Gasteiger partial charge in [-0.25, -0.2) is 0 Å². The maximum Gasteiger partial charge on any atom is 0.133 e. The summed E-state index contributed by atoms with van der Waals surface area (Å²) in [6.45, 7) is 0.891. The van der Waals surface area contributed by atoms with Crippen molar-refractivity contribution in [1.82, 2.24) is 0 Å². The zero-order valence-electron chi connectivity index (χ0n) is 8.02. The van der Waals surface area contributed by atoms with Crippen LogP contribution in [0.25, 0.3) is 0 Å². The number of ether oxygens (including phenoxy) is 1. The van der Waals surface area contributed by atoms with Crippen molar-refractivity contribution in [2.75, 3.05) is 24.9 Å². The van der Waals surface area contributed by atoms with Crippen LogP contribution in [0.5, 0.6) is 5.75 Å². The number of hydrogen-bond acceptors (Lipinski definition) is 2. The number of rotatable bonds is 5. The average Bonchev–Trinajstić information content (AvgIpc) is 2.18. The molecule has 0 aliphatic carbocycles. The molecule has 0 saturated carbocycles. The molecule has 0 bridgehead atoms. The van der Waals surface area contributed by atoms with E-state index < -0.39 is 0 Å². The normalized spacial score (nSPS) is 9.93.